The van der Waals surface area contributed by atoms with E-state index in [-0.39, 0.29) is 47.9 Å². The summed E-state index contributed by atoms with van der Waals surface area (Å²) in [5, 5.41) is 0. The molecule has 0 aromatic heterocycles. The molecule has 0 radical (unpaired) electrons. The third-order valence-electron chi connectivity index (χ3n) is 5.27. The predicted molar refractivity (Wildman–Crippen MR) is 117 cm³/mol. The molecular formula is C23H23F6NO5S. The van der Waals surface area contributed by atoms with Crippen LogP contribution in [-0.4, -0.2) is 50.8 Å². The molecule has 0 N–H and O–H groups in total. The Bertz CT molecular complexity index is 1210. The zero-order valence-electron chi connectivity index (χ0n) is 19.4. The average molecular weight is 539 g/mol. The Labute approximate surface area is 203 Å². The van der Waals surface area contributed by atoms with Gasteiger partial charge in [0.2, 0.25) is 0 Å². The van der Waals surface area contributed by atoms with Gasteiger partial charge in [-0.2, -0.15) is 26.3 Å². The molecule has 6 nitrogen and oxygen atoms in total. The van der Waals surface area contributed by atoms with Gasteiger partial charge in [0.15, 0.2) is 9.84 Å². The van der Waals surface area contributed by atoms with Crippen molar-refractivity contribution in [1.29, 1.82) is 0 Å². The van der Waals surface area contributed by atoms with Crippen LogP contribution in [0.5, 0.6) is 11.5 Å². The number of sulfone groups is 1. The Morgan fingerprint density at radius 3 is 2.08 bits per heavy atom. The summed E-state index contributed by atoms with van der Waals surface area (Å²) in [4.78, 5) is 14.4. The highest BCUT2D eigenvalue weighted by Crippen LogP contribution is 2.39. The van der Waals surface area contributed by atoms with Crippen molar-refractivity contribution in [1.82, 2.24) is 4.90 Å². The number of halogens is 6. The fourth-order valence-corrected chi connectivity index (χ4v) is 4.28. The summed E-state index contributed by atoms with van der Waals surface area (Å²) in [5.41, 5.74) is -3.05. The van der Waals surface area contributed by atoms with Crippen molar-refractivity contribution < 1.29 is 49.0 Å². The van der Waals surface area contributed by atoms with Crippen LogP contribution in [0.4, 0.5) is 26.3 Å². The lowest BCUT2D eigenvalue weighted by atomic mass is 10.1. The molecule has 36 heavy (non-hydrogen) atoms. The Morgan fingerprint density at radius 1 is 1.00 bits per heavy atom. The lowest BCUT2D eigenvalue weighted by Gasteiger charge is -2.21. The highest BCUT2D eigenvalue weighted by Gasteiger charge is 2.38. The fourth-order valence-electron chi connectivity index (χ4n) is 3.63. The summed E-state index contributed by atoms with van der Waals surface area (Å²) in [6.45, 7) is 3.37. The van der Waals surface area contributed by atoms with Gasteiger partial charge >= 0.3 is 12.4 Å². The topological polar surface area (TPSA) is 72.9 Å². The number of hydrogen-bond donors (Lipinski definition) is 0. The van der Waals surface area contributed by atoms with Gasteiger partial charge in [0.1, 0.15) is 17.6 Å². The van der Waals surface area contributed by atoms with E-state index < -0.39 is 51.1 Å². The highest BCUT2D eigenvalue weighted by atomic mass is 32.2. The number of amides is 1. The van der Waals surface area contributed by atoms with Crippen molar-refractivity contribution in [2.24, 2.45) is 0 Å². The molecule has 0 aliphatic carbocycles. The van der Waals surface area contributed by atoms with E-state index in [4.69, 9.17) is 9.47 Å². The minimum absolute atomic E-state index is 0.00234. The lowest BCUT2D eigenvalue weighted by molar-refractivity contribution is -0.143. The van der Waals surface area contributed by atoms with Gasteiger partial charge in [-0.15, -0.1) is 0 Å². The standard InChI is InChI=1S/C23H23F6NO5S/c1-13(2)34-20-5-4-18(36(3,32)33)11-19(20)21(31)30-7-6-16(12-30)35-17-9-14(22(24,25)26)8-15(10-17)23(27,28)29/h4-5,8-11,13,16H,6-7,12H2,1-3H3. The molecule has 198 valence electrons. The molecule has 1 unspecified atom stereocenters. The second-order valence-electron chi connectivity index (χ2n) is 8.62. The molecule has 2 aromatic rings. The summed E-state index contributed by atoms with van der Waals surface area (Å²) in [6.07, 6.45) is -10.1. The van der Waals surface area contributed by atoms with Crippen molar-refractivity contribution in [3.63, 3.8) is 0 Å². The summed E-state index contributed by atoms with van der Waals surface area (Å²) in [7, 11) is -3.65. The number of hydrogen-bond acceptors (Lipinski definition) is 5. The maximum Gasteiger partial charge on any atom is 0.416 e. The highest BCUT2D eigenvalue weighted by molar-refractivity contribution is 7.90. The first-order chi connectivity index (χ1) is 16.4. The van der Waals surface area contributed by atoms with Crippen molar-refractivity contribution >= 4 is 15.7 Å². The molecule has 0 spiro atoms. The maximum absolute atomic E-state index is 13.2. The molecule has 0 saturated carbocycles. The van der Waals surface area contributed by atoms with Gasteiger partial charge in [-0.1, -0.05) is 0 Å². The summed E-state index contributed by atoms with van der Waals surface area (Å²) in [6, 6.07) is 4.78. The smallest absolute Gasteiger partial charge is 0.416 e. The zero-order valence-corrected chi connectivity index (χ0v) is 20.2. The van der Waals surface area contributed by atoms with Gasteiger partial charge < -0.3 is 14.4 Å². The van der Waals surface area contributed by atoms with Crippen LogP contribution < -0.4 is 9.47 Å². The lowest BCUT2D eigenvalue weighted by Crippen LogP contribution is -2.31. The number of carbonyl (C=O) groups excluding carboxylic acids is 1. The number of carbonyl (C=O) groups is 1. The van der Waals surface area contributed by atoms with Gasteiger partial charge in [-0.25, -0.2) is 8.42 Å². The summed E-state index contributed by atoms with van der Waals surface area (Å²) in [5.74, 6) is -1.10. The molecule has 1 amide bonds. The van der Waals surface area contributed by atoms with Gasteiger partial charge in [-0.3, -0.25) is 4.79 Å². The third-order valence-corrected chi connectivity index (χ3v) is 6.38. The number of rotatable bonds is 6. The Kier molecular flexibility index (Phi) is 7.54. The normalized spacial score (nSPS) is 16.9. The van der Waals surface area contributed by atoms with Crippen LogP contribution >= 0.6 is 0 Å². The van der Waals surface area contributed by atoms with E-state index in [1.54, 1.807) is 13.8 Å². The molecule has 1 heterocycles. The second-order valence-corrected chi connectivity index (χ2v) is 10.6. The molecular weight excluding hydrogens is 516 g/mol. The quantitative estimate of drug-likeness (QED) is 0.472. The summed E-state index contributed by atoms with van der Waals surface area (Å²) < 4.78 is 114. The van der Waals surface area contributed by atoms with Crippen molar-refractivity contribution in [2.45, 2.75) is 49.7 Å². The van der Waals surface area contributed by atoms with E-state index in [0.717, 1.165) is 6.26 Å². The van der Waals surface area contributed by atoms with Crippen LogP contribution in [0.2, 0.25) is 0 Å². The molecule has 2 aromatic carbocycles. The molecule has 1 atom stereocenters. The van der Waals surface area contributed by atoms with Crippen LogP contribution in [-0.2, 0) is 22.2 Å². The van der Waals surface area contributed by atoms with Crippen LogP contribution in [0.25, 0.3) is 0 Å². The van der Waals surface area contributed by atoms with Gasteiger partial charge in [0, 0.05) is 19.2 Å². The maximum atomic E-state index is 13.2. The van der Waals surface area contributed by atoms with E-state index in [9.17, 15) is 39.6 Å². The molecule has 0 bridgehead atoms. The second kappa shape index (κ2) is 9.83. The average Bonchev–Trinajstić information content (AvgIpc) is 3.19. The SMILES string of the molecule is CC(C)Oc1ccc(S(C)(=O)=O)cc1C(=O)N1CCC(Oc2cc(C(F)(F)F)cc(C(F)(F)F)c2)C1. The van der Waals surface area contributed by atoms with Gasteiger partial charge in [-0.05, 0) is 50.2 Å². The number of nitrogens with zero attached hydrogens (tertiary/aromatic N) is 1. The molecule has 1 saturated heterocycles. The van der Waals surface area contributed by atoms with E-state index in [0.29, 0.717) is 12.1 Å². The molecule has 13 heteroatoms. The molecule has 1 aliphatic rings. The largest absolute Gasteiger partial charge is 0.490 e. The fraction of sp³-hybridized carbons (Fsp3) is 0.435. The first-order valence-electron chi connectivity index (χ1n) is 10.7. The van der Waals surface area contributed by atoms with E-state index in [2.05, 4.69) is 0 Å². The third kappa shape index (κ3) is 6.62. The number of ether oxygens (including phenoxy) is 2. The predicted octanol–water partition coefficient (Wildman–Crippen LogP) is 5.21. The number of benzene rings is 2. The zero-order chi connectivity index (χ0) is 27.1. The molecule has 3 rings (SSSR count). The molecule has 1 aliphatic heterocycles. The number of likely N-dealkylation sites (tertiary alicyclic amines) is 1. The first kappa shape index (κ1) is 27.6. The van der Waals surface area contributed by atoms with Crippen LogP contribution in [0.15, 0.2) is 41.3 Å². The van der Waals surface area contributed by atoms with Crippen molar-refractivity contribution in [2.75, 3.05) is 19.3 Å². The van der Waals surface area contributed by atoms with Crippen LogP contribution in [0.3, 0.4) is 0 Å². The van der Waals surface area contributed by atoms with Crippen LogP contribution in [0, 0.1) is 0 Å². The van der Waals surface area contributed by atoms with Crippen molar-refractivity contribution in [3.05, 3.63) is 53.1 Å². The molecule has 1 fully saturated rings. The Hall–Kier alpha value is -2.96. The van der Waals surface area contributed by atoms with Gasteiger partial charge in [0.05, 0.1) is 34.2 Å². The van der Waals surface area contributed by atoms with E-state index >= 15 is 0 Å². The monoisotopic (exact) mass is 539 g/mol. The van der Waals surface area contributed by atoms with Crippen molar-refractivity contribution in [3.8, 4) is 11.5 Å². The summed E-state index contributed by atoms with van der Waals surface area (Å²) >= 11 is 0. The number of alkyl halides is 6. The Balaban J connectivity index is 1.85. The van der Waals surface area contributed by atoms with Crippen LogP contribution in [0.1, 0.15) is 41.8 Å². The Morgan fingerprint density at radius 2 is 1.58 bits per heavy atom. The van der Waals surface area contributed by atoms with E-state index in [1.165, 1.54) is 23.1 Å². The minimum Gasteiger partial charge on any atom is -0.490 e. The van der Waals surface area contributed by atoms with Gasteiger partial charge in [0.25, 0.3) is 5.91 Å². The minimum atomic E-state index is -5.02. The first-order valence-corrected chi connectivity index (χ1v) is 12.6. The van der Waals surface area contributed by atoms with E-state index in [1.807, 2.05) is 0 Å².